The van der Waals surface area contributed by atoms with E-state index in [1.807, 2.05) is 30.3 Å². The Morgan fingerprint density at radius 2 is 1.23 bits per heavy atom. The van der Waals surface area contributed by atoms with Gasteiger partial charge in [0.2, 0.25) is 11.8 Å². The molecule has 0 spiro atoms. The van der Waals surface area contributed by atoms with Gasteiger partial charge in [0.25, 0.3) is 0 Å². The second-order valence-corrected chi connectivity index (χ2v) is 6.88. The maximum Gasteiger partial charge on any atom is 0.234 e. The van der Waals surface area contributed by atoms with Gasteiger partial charge in [0, 0.05) is 0 Å². The van der Waals surface area contributed by atoms with E-state index in [1.54, 1.807) is 0 Å². The van der Waals surface area contributed by atoms with Crippen LogP contribution in [0.5, 0.6) is 0 Å². The third-order valence-corrected chi connectivity index (χ3v) is 5.95. The van der Waals surface area contributed by atoms with Crippen LogP contribution in [0.3, 0.4) is 0 Å². The number of likely N-dealkylation sites (tertiary alicyclic amines) is 1. The summed E-state index contributed by atoms with van der Waals surface area (Å²) >= 11 is 0. The highest BCUT2D eigenvalue weighted by molar-refractivity contribution is 6.06. The third-order valence-electron chi connectivity index (χ3n) is 5.95. The highest BCUT2D eigenvalue weighted by atomic mass is 16.2. The van der Waals surface area contributed by atoms with Gasteiger partial charge in [-0.25, -0.2) is 0 Å². The van der Waals surface area contributed by atoms with E-state index >= 15 is 0 Å². The zero-order chi connectivity index (χ0) is 14.8. The molecule has 2 fully saturated rings. The minimum absolute atomic E-state index is 0.0388. The summed E-state index contributed by atoms with van der Waals surface area (Å²) in [4.78, 5) is 27.2. The van der Waals surface area contributed by atoms with E-state index in [9.17, 15) is 9.59 Å². The molecular formula is C19H17NO2. The van der Waals surface area contributed by atoms with Crippen LogP contribution < -0.4 is 0 Å². The summed E-state index contributed by atoms with van der Waals surface area (Å²) in [7, 11) is 0. The van der Waals surface area contributed by atoms with Gasteiger partial charge in [-0.05, 0) is 29.2 Å². The molecule has 0 N–H and O–H groups in total. The highest BCUT2D eigenvalue weighted by Crippen LogP contribution is 2.58. The Bertz CT molecular complexity index is 680. The van der Waals surface area contributed by atoms with Gasteiger partial charge in [-0.3, -0.25) is 14.5 Å². The summed E-state index contributed by atoms with van der Waals surface area (Å²) in [6.07, 6.45) is 8.82. The summed E-state index contributed by atoms with van der Waals surface area (Å²) in [5, 5.41) is 0. The molecule has 22 heavy (non-hydrogen) atoms. The standard InChI is InChI=1S/C19H17NO2/c21-18-16-14-8-9-15(13-7-6-12(13)14)17(16)19(22)20(18)10-11-4-2-1-3-5-11/h1-9,12-17H,10H2/t12-,13+,14-,15+,16-,17+. The number of amides is 2. The van der Waals surface area contributed by atoms with Crippen molar-refractivity contribution in [2.24, 2.45) is 35.5 Å². The second-order valence-electron chi connectivity index (χ2n) is 6.88. The zero-order valence-electron chi connectivity index (χ0n) is 12.1. The quantitative estimate of drug-likeness (QED) is 0.620. The molecule has 110 valence electrons. The van der Waals surface area contributed by atoms with E-state index in [0.29, 0.717) is 18.4 Å². The van der Waals surface area contributed by atoms with Crippen LogP contribution in [0.25, 0.3) is 0 Å². The third kappa shape index (κ3) is 1.41. The van der Waals surface area contributed by atoms with Gasteiger partial charge < -0.3 is 0 Å². The van der Waals surface area contributed by atoms with Gasteiger partial charge in [-0.2, -0.15) is 0 Å². The van der Waals surface area contributed by atoms with Crippen molar-refractivity contribution >= 4 is 11.8 Å². The normalized spacial score (nSPS) is 40.6. The van der Waals surface area contributed by atoms with E-state index in [2.05, 4.69) is 24.3 Å². The molecule has 3 nitrogen and oxygen atoms in total. The van der Waals surface area contributed by atoms with E-state index in [-0.39, 0.29) is 35.5 Å². The molecule has 1 aromatic carbocycles. The number of hydrogen-bond acceptors (Lipinski definition) is 2. The van der Waals surface area contributed by atoms with Crippen molar-refractivity contribution in [1.29, 1.82) is 0 Å². The lowest BCUT2D eigenvalue weighted by atomic mass is 9.50. The first kappa shape index (κ1) is 12.4. The van der Waals surface area contributed by atoms with Crippen LogP contribution >= 0.6 is 0 Å². The number of imide groups is 1. The van der Waals surface area contributed by atoms with Gasteiger partial charge in [0.05, 0.1) is 18.4 Å². The summed E-state index contributed by atoms with van der Waals surface area (Å²) in [5.74, 6) is 1.22. The molecule has 6 atom stereocenters. The molecule has 0 unspecified atom stereocenters. The summed E-state index contributed by atoms with van der Waals surface area (Å²) in [6.45, 7) is 0.410. The first-order chi connectivity index (χ1) is 10.8. The average Bonchev–Trinajstić information content (AvgIpc) is 2.75. The molecule has 5 aliphatic rings. The molecular weight excluding hydrogens is 274 g/mol. The first-order valence-corrected chi connectivity index (χ1v) is 8.01. The molecule has 1 saturated carbocycles. The molecule has 1 aliphatic heterocycles. The minimum Gasteiger partial charge on any atom is -0.278 e. The van der Waals surface area contributed by atoms with Crippen molar-refractivity contribution in [3.63, 3.8) is 0 Å². The largest absolute Gasteiger partial charge is 0.278 e. The number of carbonyl (C=O) groups excluding carboxylic acids is 2. The summed E-state index contributed by atoms with van der Waals surface area (Å²) in [5.41, 5.74) is 1.02. The lowest BCUT2D eigenvalue weighted by molar-refractivity contribution is -0.140. The average molecular weight is 291 g/mol. The molecule has 3 heteroatoms. The first-order valence-electron chi connectivity index (χ1n) is 8.01. The van der Waals surface area contributed by atoms with Crippen LogP contribution in [0.2, 0.25) is 0 Å². The summed E-state index contributed by atoms with van der Waals surface area (Å²) in [6, 6.07) is 9.79. The molecule has 2 bridgehead atoms. The van der Waals surface area contributed by atoms with Crippen molar-refractivity contribution in [3.8, 4) is 0 Å². The van der Waals surface area contributed by atoms with E-state index < -0.39 is 0 Å². The van der Waals surface area contributed by atoms with Gasteiger partial charge in [0.15, 0.2) is 0 Å². The predicted molar refractivity (Wildman–Crippen MR) is 81.2 cm³/mol. The summed E-state index contributed by atoms with van der Waals surface area (Å²) < 4.78 is 0. The number of benzene rings is 1. The fourth-order valence-electron chi connectivity index (χ4n) is 4.87. The number of hydrogen-bond donors (Lipinski definition) is 0. The fraction of sp³-hybridized carbons (Fsp3) is 0.368. The lowest BCUT2D eigenvalue weighted by Crippen LogP contribution is -2.50. The minimum atomic E-state index is -0.127. The molecule has 1 saturated heterocycles. The monoisotopic (exact) mass is 291 g/mol. The van der Waals surface area contributed by atoms with Crippen molar-refractivity contribution < 1.29 is 9.59 Å². The topological polar surface area (TPSA) is 37.4 Å². The molecule has 0 radical (unpaired) electrons. The van der Waals surface area contributed by atoms with Crippen molar-refractivity contribution in [2.75, 3.05) is 0 Å². The molecule has 6 rings (SSSR count). The number of carbonyl (C=O) groups is 2. The number of allylic oxidation sites excluding steroid dienone is 4. The van der Waals surface area contributed by atoms with E-state index in [0.717, 1.165) is 5.56 Å². The van der Waals surface area contributed by atoms with Crippen molar-refractivity contribution in [2.45, 2.75) is 6.54 Å². The maximum absolute atomic E-state index is 12.9. The molecule has 0 aromatic heterocycles. The van der Waals surface area contributed by atoms with Crippen molar-refractivity contribution in [3.05, 3.63) is 60.2 Å². The number of nitrogens with zero attached hydrogens (tertiary/aromatic N) is 1. The Kier molecular flexibility index (Phi) is 2.36. The number of rotatable bonds is 2. The molecule has 2 amide bonds. The zero-order valence-corrected chi connectivity index (χ0v) is 12.1. The van der Waals surface area contributed by atoms with Crippen LogP contribution in [0, 0.1) is 35.5 Å². The Morgan fingerprint density at radius 3 is 1.73 bits per heavy atom. The predicted octanol–water partition coefficient (Wildman–Crippen LogP) is 2.41. The highest BCUT2D eigenvalue weighted by Gasteiger charge is 2.62. The second kappa shape index (κ2) is 4.19. The smallest absolute Gasteiger partial charge is 0.234 e. The molecule has 1 aromatic rings. The van der Waals surface area contributed by atoms with Crippen LogP contribution in [0.4, 0.5) is 0 Å². The van der Waals surface area contributed by atoms with E-state index in [1.165, 1.54) is 4.90 Å². The Balaban J connectivity index is 1.50. The van der Waals surface area contributed by atoms with Crippen LogP contribution in [0.15, 0.2) is 54.6 Å². The lowest BCUT2D eigenvalue weighted by Gasteiger charge is -2.51. The van der Waals surface area contributed by atoms with Gasteiger partial charge >= 0.3 is 0 Å². The molecule has 4 aliphatic carbocycles. The fourth-order valence-corrected chi connectivity index (χ4v) is 4.87. The Morgan fingerprint density at radius 1 is 0.727 bits per heavy atom. The van der Waals surface area contributed by atoms with Crippen LogP contribution in [-0.2, 0) is 16.1 Å². The SMILES string of the molecule is O=C1[C@@H]2[C@@H]3C=C[C@@H]([C@H]4C=C[C@H]43)[C@@H]2C(=O)N1Cc1ccccc1. The maximum atomic E-state index is 12.9. The van der Waals surface area contributed by atoms with Gasteiger partial charge in [0.1, 0.15) is 0 Å². The van der Waals surface area contributed by atoms with Gasteiger partial charge in [-0.1, -0.05) is 54.6 Å². The van der Waals surface area contributed by atoms with Crippen molar-refractivity contribution in [1.82, 2.24) is 4.90 Å². The van der Waals surface area contributed by atoms with Gasteiger partial charge in [-0.15, -0.1) is 0 Å². The van der Waals surface area contributed by atoms with Crippen LogP contribution in [-0.4, -0.2) is 16.7 Å². The Hall–Kier alpha value is -2.16. The Labute approximate surface area is 129 Å². The van der Waals surface area contributed by atoms with E-state index in [4.69, 9.17) is 0 Å². The molecule has 1 heterocycles. The van der Waals surface area contributed by atoms with Crippen LogP contribution in [0.1, 0.15) is 5.56 Å².